The number of hydrogen-bond donors (Lipinski definition) is 1. The predicted octanol–water partition coefficient (Wildman–Crippen LogP) is 3.19. The third-order valence-corrected chi connectivity index (χ3v) is 3.19. The van der Waals surface area contributed by atoms with Crippen LogP contribution in [0, 0.1) is 0 Å². The van der Waals surface area contributed by atoms with Crippen LogP contribution in [-0.2, 0) is 18.5 Å². The summed E-state index contributed by atoms with van der Waals surface area (Å²) in [5.74, 6) is 2.06. The third kappa shape index (κ3) is 6.10. The highest BCUT2D eigenvalue weighted by molar-refractivity contribution is 14.0. The first-order valence-corrected chi connectivity index (χ1v) is 7.69. The molecule has 0 spiro atoms. The Bertz CT molecular complexity index is 647. The molecule has 1 aromatic carbocycles. The van der Waals surface area contributed by atoms with Gasteiger partial charge in [0.15, 0.2) is 11.8 Å². The molecule has 2 aromatic rings. The van der Waals surface area contributed by atoms with Gasteiger partial charge in [-0.05, 0) is 5.56 Å². The minimum absolute atomic E-state index is 0. The molecule has 0 radical (unpaired) electrons. The standard InChI is InChI=1S/C17H25N5O.HI/c1-17(2,3)15-20-14(21-23-15)12-19-16(22(4)5)18-11-13-9-7-6-8-10-13;/h6-10H,11-12H2,1-5H3,(H,18,19);1H. The van der Waals surface area contributed by atoms with E-state index in [0.717, 1.165) is 5.96 Å². The molecule has 24 heavy (non-hydrogen) atoms. The molecule has 2 rings (SSSR count). The van der Waals surface area contributed by atoms with Crippen molar-refractivity contribution in [1.29, 1.82) is 0 Å². The summed E-state index contributed by atoms with van der Waals surface area (Å²) in [4.78, 5) is 11.0. The predicted molar refractivity (Wildman–Crippen MR) is 107 cm³/mol. The highest BCUT2D eigenvalue weighted by Gasteiger charge is 2.21. The van der Waals surface area contributed by atoms with E-state index in [4.69, 9.17) is 4.52 Å². The van der Waals surface area contributed by atoms with Crippen molar-refractivity contribution < 1.29 is 4.52 Å². The average molecular weight is 443 g/mol. The lowest BCUT2D eigenvalue weighted by atomic mass is 9.97. The molecule has 0 atom stereocenters. The molecule has 7 heteroatoms. The van der Waals surface area contributed by atoms with Crippen molar-refractivity contribution in [2.24, 2.45) is 4.99 Å². The number of aromatic nitrogens is 2. The fraction of sp³-hybridized carbons (Fsp3) is 0.471. The van der Waals surface area contributed by atoms with Gasteiger partial charge in [-0.15, -0.1) is 24.0 Å². The van der Waals surface area contributed by atoms with Gasteiger partial charge in [-0.25, -0.2) is 4.99 Å². The molecule has 1 heterocycles. The number of halogens is 1. The van der Waals surface area contributed by atoms with Crippen molar-refractivity contribution in [1.82, 2.24) is 20.4 Å². The van der Waals surface area contributed by atoms with Crippen LogP contribution in [-0.4, -0.2) is 35.1 Å². The number of nitrogens with one attached hydrogen (secondary N) is 1. The van der Waals surface area contributed by atoms with E-state index >= 15 is 0 Å². The highest BCUT2D eigenvalue weighted by atomic mass is 127. The van der Waals surface area contributed by atoms with E-state index in [1.807, 2.05) is 58.0 Å². The lowest BCUT2D eigenvalue weighted by Gasteiger charge is -2.16. The SMILES string of the molecule is CN(C)C(=NCc1ccccc1)NCc1noc(C(C)(C)C)n1.I. The van der Waals surface area contributed by atoms with Crippen LogP contribution in [0.2, 0.25) is 0 Å². The van der Waals surface area contributed by atoms with Crippen LogP contribution in [0.15, 0.2) is 39.8 Å². The number of rotatable bonds is 4. The average Bonchev–Trinajstić information content (AvgIpc) is 2.97. The van der Waals surface area contributed by atoms with Gasteiger partial charge in [0.2, 0.25) is 5.89 Å². The van der Waals surface area contributed by atoms with E-state index in [1.165, 1.54) is 5.56 Å². The van der Waals surface area contributed by atoms with Gasteiger partial charge in [0.25, 0.3) is 0 Å². The Labute approximate surface area is 160 Å². The molecule has 0 aliphatic heterocycles. The minimum Gasteiger partial charge on any atom is -0.349 e. The second-order valence-electron chi connectivity index (χ2n) is 6.64. The van der Waals surface area contributed by atoms with E-state index in [1.54, 1.807) is 0 Å². The molecule has 0 fully saturated rings. The van der Waals surface area contributed by atoms with E-state index in [-0.39, 0.29) is 29.4 Å². The van der Waals surface area contributed by atoms with Crippen molar-refractivity contribution in [2.45, 2.75) is 39.3 Å². The van der Waals surface area contributed by atoms with Crippen LogP contribution >= 0.6 is 24.0 Å². The van der Waals surface area contributed by atoms with Gasteiger partial charge in [-0.1, -0.05) is 56.3 Å². The van der Waals surface area contributed by atoms with E-state index in [0.29, 0.717) is 24.8 Å². The molecule has 1 aromatic heterocycles. The maximum Gasteiger partial charge on any atom is 0.232 e. The Morgan fingerprint density at radius 1 is 1.21 bits per heavy atom. The maximum atomic E-state index is 5.30. The van der Waals surface area contributed by atoms with E-state index < -0.39 is 0 Å². The lowest BCUT2D eigenvalue weighted by Crippen LogP contribution is -2.36. The Morgan fingerprint density at radius 3 is 2.42 bits per heavy atom. The molecule has 0 amide bonds. The smallest absolute Gasteiger partial charge is 0.232 e. The normalized spacial score (nSPS) is 11.8. The van der Waals surface area contributed by atoms with E-state index in [2.05, 4.69) is 32.6 Å². The summed E-state index contributed by atoms with van der Waals surface area (Å²) in [6, 6.07) is 10.2. The van der Waals surface area contributed by atoms with Gasteiger partial charge >= 0.3 is 0 Å². The first-order valence-electron chi connectivity index (χ1n) is 7.69. The van der Waals surface area contributed by atoms with Crippen LogP contribution in [0.1, 0.15) is 38.0 Å². The van der Waals surface area contributed by atoms with Gasteiger partial charge < -0.3 is 14.7 Å². The second-order valence-corrected chi connectivity index (χ2v) is 6.64. The summed E-state index contributed by atoms with van der Waals surface area (Å²) in [6.45, 7) is 7.24. The summed E-state index contributed by atoms with van der Waals surface area (Å²) in [6.07, 6.45) is 0. The Hall–Kier alpha value is -1.64. The molecule has 6 nitrogen and oxygen atoms in total. The summed E-state index contributed by atoms with van der Waals surface area (Å²) >= 11 is 0. The molecule has 1 N–H and O–H groups in total. The zero-order chi connectivity index (χ0) is 16.9. The lowest BCUT2D eigenvalue weighted by molar-refractivity contribution is 0.318. The Balaban J connectivity index is 0.00000288. The van der Waals surface area contributed by atoms with Crippen molar-refractivity contribution in [2.75, 3.05) is 14.1 Å². The minimum atomic E-state index is -0.142. The third-order valence-electron chi connectivity index (χ3n) is 3.19. The van der Waals surface area contributed by atoms with Crippen LogP contribution in [0.25, 0.3) is 0 Å². The molecule has 0 aliphatic carbocycles. The summed E-state index contributed by atoms with van der Waals surface area (Å²) in [5.41, 5.74) is 1.03. The summed E-state index contributed by atoms with van der Waals surface area (Å²) in [7, 11) is 3.90. The fourth-order valence-electron chi connectivity index (χ4n) is 1.89. The molecular formula is C17H26IN5O. The number of benzene rings is 1. The quantitative estimate of drug-likeness (QED) is 0.447. The van der Waals surface area contributed by atoms with Gasteiger partial charge in [0.1, 0.15) is 0 Å². The number of hydrogen-bond acceptors (Lipinski definition) is 4. The highest BCUT2D eigenvalue weighted by Crippen LogP contribution is 2.19. The Morgan fingerprint density at radius 2 is 1.88 bits per heavy atom. The van der Waals surface area contributed by atoms with Crippen LogP contribution in [0.4, 0.5) is 0 Å². The Kier molecular flexibility index (Phi) is 7.65. The van der Waals surface area contributed by atoms with Crippen LogP contribution in [0.5, 0.6) is 0 Å². The van der Waals surface area contributed by atoms with Gasteiger partial charge in [0.05, 0.1) is 13.1 Å². The number of aliphatic imine (C=N–C) groups is 1. The van der Waals surface area contributed by atoms with Crippen molar-refractivity contribution >= 4 is 29.9 Å². The van der Waals surface area contributed by atoms with Crippen LogP contribution in [0.3, 0.4) is 0 Å². The van der Waals surface area contributed by atoms with Crippen molar-refractivity contribution in [3.8, 4) is 0 Å². The first-order chi connectivity index (χ1) is 10.9. The monoisotopic (exact) mass is 443 g/mol. The molecule has 0 saturated heterocycles. The largest absolute Gasteiger partial charge is 0.349 e. The fourth-order valence-corrected chi connectivity index (χ4v) is 1.89. The van der Waals surface area contributed by atoms with E-state index in [9.17, 15) is 0 Å². The molecule has 0 unspecified atom stereocenters. The molecule has 0 bridgehead atoms. The number of nitrogens with zero attached hydrogens (tertiary/aromatic N) is 4. The number of guanidine groups is 1. The van der Waals surface area contributed by atoms with Crippen LogP contribution < -0.4 is 5.32 Å². The second kappa shape index (κ2) is 9.00. The summed E-state index contributed by atoms with van der Waals surface area (Å²) in [5, 5.41) is 7.27. The molecule has 0 saturated carbocycles. The zero-order valence-corrected chi connectivity index (χ0v) is 17.2. The van der Waals surface area contributed by atoms with Gasteiger partial charge in [-0.3, -0.25) is 0 Å². The van der Waals surface area contributed by atoms with Gasteiger partial charge in [-0.2, -0.15) is 4.98 Å². The maximum absolute atomic E-state index is 5.30. The molecule has 0 aliphatic rings. The van der Waals surface area contributed by atoms with Gasteiger partial charge in [0, 0.05) is 19.5 Å². The topological polar surface area (TPSA) is 66.5 Å². The van der Waals surface area contributed by atoms with Crippen molar-refractivity contribution in [3.05, 3.63) is 47.6 Å². The summed E-state index contributed by atoms with van der Waals surface area (Å²) < 4.78 is 5.30. The molecule has 132 valence electrons. The van der Waals surface area contributed by atoms with Crippen molar-refractivity contribution in [3.63, 3.8) is 0 Å². The molecular weight excluding hydrogens is 417 g/mol. The first kappa shape index (κ1) is 20.4. The zero-order valence-electron chi connectivity index (χ0n) is 14.9.